The van der Waals surface area contributed by atoms with Crippen molar-refractivity contribution in [3.63, 3.8) is 0 Å². The maximum absolute atomic E-state index is 14.6. The van der Waals surface area contributed by atoms with Crippen LogP contribution in [0.4, 0.5) is 23.4 Å². The van der Waals surface area contributed by atoms with Gasteiger partial charge in [-0.2, -0.15) is 13.2 Å². The lowest BCUT2D eigenvalue weighted by Gasteiger charge is -2.41. The monoisotopic (exact) mass is 415 g/mol. The van der Waals surface area contributed by atoms with Gasteiger partial charge in [-0.1, -0.05) is 0 Å². The summed E-state index contributed by atoms with van der Waals surface area (Å²) in [7, 11) is 0. The maximum Gasteiger partial charge on any atom is 0.419 e. The number of likely N-dealkylation sites (tertiary alicyclic amines) is 1. The van der Waals surface area contributed by atoms with E-state index in [0.717, 1.165) is 19.0 Å². The maximum atomic E-state index is 14.6. The summed E-state index contributed by atoms with van der Waals surface area (Å²) in [4.78, 5) is 20.5. The minimum atomic E-state index is -4.79. The molecule has 0 radical (unpaired) electrons. The molecule has 3 heterocycles. The number of aliphatic hydroxyl groups is 1. The van der Waals surface area contributed by atoms with Gasteiger partial charge in [0.15, 0.2) is 11.6 Å². The number of aliphatic hydroxyl groups excluding tert-OH is 1. The molecule has 2 aliphatic heterocycles. The van der Waals surface area contributed by atoms with Gasteiger partial charge in [0.25, 0.3) is 0 Å². The van der Waals surface area contributed by atoms with Gasteiger partial charge in [-0.15, -0.1) is 0 Å². The summed E-state index contributed by atoms with van der Waals surface area (Å²) < 4.78 is 53.8. The van der Waals surface area contributed by atoms with Gasteiger partial charge in [0.05, 0.1) is 17.1 Å². The Morgan fingerprint density at radius 1 is 1.14 bits per heavy atom. The van der Waals surface area contributed by atoms with Crippen molar-refractivity contribution in [1.82, 2.24) is 9.88 Å². The Labute approximate surface area is 166 Å². The van der Waals surface area contributed by atoms with E-state index in [1.165, 1.54) is 4.90 Å². The van der Waals surface area contributed by atoms with Crippen molar-refractivity contribution in [3.8, 4) is 0 Å². The van der Waals surface area contributed by atoms with E-state index in [4.69, 9.17) is 0 Å². The second kappa shape index (κ2) is 7.41. The first-order valence-corrected chi connectivity index (χ1v) is 10.2. The molecule has 0 bridgehead atoms. The zero-order chi connectivity index (χ0) is 20.8. The van der Waals surface area contributed by atoms with Gasteiger partial charge < -0.3 is 14.9 Å². The fourth-order valence-electron chi connectivity index (χ4n) is 5.13. The molecule has 0 aromatic carbocycles. The van der Waals surface area contributed by atoms with Crippen molar-refractivity contribution in [2.75, 3.05) is 24.5 Å². The van der Waals surface area contributed by atoms with Crippen LogP contribution in [0.1, 0.15) is 50.5 Å². The van der Waals surface area contributed by atoms with Gasteiger partial charge in [0, 0.05) is 31.9 Å². The Morgan fingerprint density at radius 2 is 1.86 bits per heavy atom. The van der Waals surface area contributed by atoms with Crippen LogP contribution < -0.4 is 4.90 Å². The molecule has 3 aliphatic rings. The van der Waals surface area contributed by atoms with E-state index in [1.807, 2.05) is 4.90 Å². The minimum Gasteiger partial charge on any atom is -0.393 e. The van der Waals surface area contributed by atoms with Crippen LogP contribution in [0.5, 0.6) is 0 Å². The number of anilines is 1. The molecule has 3 fully saturated rings. The molecule has 1 aliphatic carbocycles. The summed E-state index contributed by atoms with van der Waals surface area (Å²) >= 11 is 0. The van der Waals surface area contributed by atoms with Gasteiger partial charge in [0.1, 0.15) is 0 Å². The first-order valence-electron chi connectivity index (χ1n) is 10.2. The Kier molecular flexibility index (Phi) is 5.21. The molecule has 160 valence electrons. The average Bonchev–Trinajstić information content (AvgIpc) is 2.98. The van der Waals surface area contributed by atoms with Crippen LogP contribution in [0.15, 0.2) is 12.3 Å². The molecule has 0 unspecified atom stereocenters. The third-order valence-electron chi connectivity index (χ3n) is 6.71. The first kappa shape index (κ1) is 20.4. The van der Waals surface area contributed by atoms with Crippen LogP contribution in [-0.2, 0) is 11.0 Å². The Bertz CT molecular complexity index is 779. The normalized spacial score (nSPS) is 31.0. The molecule has 1 saturated carbocycles. The first-order chi connectivity index (χ1) is 13.7. The molecule has 1 N–H and O–H groups in total. The second-order valence-corrected chi connectivity index (χ2v) is 8.51. The average molecular weight is 415 g/mol. The third-order valence-corrected chi connectivity index (χ3v) is 6.71. The summed E-state index contributed by atoms with van der Waals surface area (Å²) in [5, 5.41) is 9.71. The number of carbonyl (C=O) groups is 1. The fourth-order valence-corrected chi connectivity index (χ4v) is 5.13. The molecule has 1 aromatic heterocycles. The molecular formula is C20H25F4N3O2. The Balaban J connectivity index is 1.54. The highest BCUT2D eigenvalue weighted by Gasteiger charge is 2.51. The van der Waals surface area contributed by atoms with Gasteiger partial charge in [-0.25, -0.2) is 9.37 Å². The highest BCUT2D eigenvalue weighted by Crippen LogP contribution is 2.44. The van der Waals surface area contributed by atoms with Crippen LogP contribution >= 0.6 is 0 Å². The second-order valence-electron chi connectivity index (χ2n) is 8.51. The summed E-state index contributed by atoms with van der Waals surface area (Å²) in [6, 6.07) is 0.738. The van der Waals surface area contributed by atoms with E-state index >= 15 is 0 Å². The van der Waals surface area contributed by atoms with Crippen molar-refractivity contribution in [1.29, 1.82) is 0 Å². The van der Waals surface area contributed by atoms with Crippen LogP contribution in [0.3, 0.4) is 0 Å². The number of aromatic nitrogens is 1. The Hall–Kier alpha value is -1.90. The Morgan fingerprint density at radius 3 is 2.55 bits per heavy atom. The van der Waals surface area contributed by atoms with Crippen LogP contribution in [0.25, 0.3) is 0 Å². The number of pyridine rings is 1. The number of rotatable bonds is 2. The van der Waals surface area contributed by atoms with E-state index in [1.54, 1.807) is 0 Å². The number of carbonyl (C=O) groups excluding carboxylic acids is 1. The molecule has 1 amide bonds. The predicted molar refractivity (Wildman–Crippen MR) is 97.7 cm³/mol. The summed E-state index contributed by atoms with van der Waals surface area (Å²) in [5.74, 6) is -1.69. The summed E-state index contributed by atoms with van der Waals surface area (Å²) in [5.41, 5.74) is -2.03. The quantitative estimate of drug-likeness (QED) is 0.753. The van der Waals surface area contributed by atoms with E-state index in [0.29, 0.717) is 51.3 Å². The van der Waals surface area contributed by atoms with Crippen molar-refractivity contribution in [3.05, 3.63) is 23.6 Å². The van der Waals surface area contributed by atoms with E-state index in [2.05, 4.69) is 4.98 Å². The van der Waals surface area contributed by atoms with Gasteiger partial charge in [0.2, 0.25) is 5.91 Å². The molecule has 5 nitrogen and oxygen atoms in total. The fraction of sp³-hybridized carbons (Fsp3) is 0.700. The molecular weight excluding hydrogens is 390 g/mol. The van der Waals surface area contributed by atoms with Crippen molar-refractivity contribution in [2.24, 2.45) is 5.41 Å². The SMILES string of the molecule is O=C1N([C@H]2CC[C@@H](O)CC2)CC[C@@]12CCCN(c1nccc(C(F)(F)F)c1F)C2. The van der Waals surface area contributed by atoms with Crippen LogP contribution in [-0.4, -0.2) is 52.7 Å². The highest BCUT2D eigenvalue weighted by atomic mass is 19.4. The molecule has 1 atom stereocenters. The number of alkyl halides is 3. The third kappa shape index (κ3) is 3.69. The summed E-state index contributed by atoms with van der Waals surface area (Å²) in [6.45, 7) is 1.16. The van der Waals surface area contributed by atoms with Crippen LogP contribution in [0, 0.1) is 11.2 Å². The topological polar surface area (TPSA) is 56.7 Å². The van der Waals surface area contributed by atoms with Crippen molar-refractivity contribution >= 4 is 11.7 Å². The minimum absolute atomic E-state index is 0.0102. The smallest absolute Gasteiger partial charge is 0.393 e. The zero-order valence-electron chi connectivity index (χ0n) is 16.1. The predicted octanol–water partition coefficient (Wildman–Crippen LogP) is 3.36. The molecule has 1 spiro atoms. The van der Waals surface area contributed by atoms with Gasteiger partial charge >= 0.3 is 6.18 Å². The zero-order valence-corrected chi connectivity index (χ0v) is 16.1. The largest absolute Gasteiger partial charge is 0.419 e. The number of hydrogen-bond acceptors (Lipinski definition) is 4. The van der Waals surface area contributed by atoms with E-state index in [-0.39, 0.29) is 30.4 Å². The highest BCUT2D eigenvalue weighted by molar-refractivity contribution is 5.86. The van der Waals surface area contributed by atoms with E-state index < -0.39 is 23.0 Å². The van der Waals surface area contributed by atoms with E-state index in [9.17, 15) is 27.5 Å². The number of hydrogen-bond donors (Lipinski definition) is 1. The lowest BCUT2D eigenvalue weighted by atomic mass is 9.78. The number of halogens is 4. The van der Waals surface area contributed by atoms with Crippen molar-refractivity contribution in [2.45, 2.75) is 63.3 Å². The summed E-state index contributed by atoms with van der Waals surface area (Å²) in [6.07, 6.45) is 0.599. The molecule has 9 heteroatoms. The lowest BCUT2D eigenvalue weighted by Crippen LogP contribution is -2.50. The standard InChI is InChI=1S/C20H25F4N3O2/c21-16-15(20(22,23)24)6-9-25-17(16)26-10-1-7-19(12-26)8-11-27(18(19)29)13-2-4-14(28)5-3-13/h6,9,13-14,28H,1-5,7-8,10-12H2/t13-,14+,19-/m1/s1. The molecule has 1 aromatic rings. The number of amides is 1. The van der Waals surface area contributed by atoms with Gasteiger partial charge in [-0.05, 0) is 51.0 Å². The molecule has 2 saturated heterocycles. The van der Waals surface area contributed by atoms with Crippen LogP contribution in [0.2, 0.25) is 0 Å². The van der Waals surface area contributed by atoms with Gasteiger partial charge in [-0.3, -0.25) is 4.79 Å². The molecule has 4 rings (SSSR count). The number of piperidine rings is 1. The lowest BCUT2D eigenvalue weighted by molar-refractivity contribution is -0.140. The number of nitrogens with zero attached hydrogens (tertiary/aromatic N) is 3. The van der Waals surface area contributed by atoms with Crippen molar-refractivity contribution < 1.29 is 27.5 Å². The molecule has 29 heavy (non-hydrogen) atoms.